The Kier molecular flexibility index (Phi) is 4.31. The molecule has 1 aromatic carbocycles. The lowest BCUT2D eigenvalue weighted by Crippen LogP contribution is -2.35. The summed E-state index contributed by atoms with van der Waals surface area (Å²) >= 11 is 5.16. The number of amides is 1. The topological polar surface area (TPSA) is 32.3 Å². The molecule has 2 aromatic rings. The Morgan fingerprint density at radius 1 is 1.38 bits per heavy atom. The van der Waals surface area contributed by atoms with E-state index in [0.717, 1.165) is 21.6 Å². The highest BCUT2D eigenvalue weighted by molar-refractivity contribution is 9.11. The molecule has 1 aromatic heterocycles. The van der Waals surface area contributed by atoms with Crippen LogP contribution in [0.5, 0.6) is 0 Å². The molecule has 0 bridgehead atoms. The average Bonchev–Trinajstić information content (AvgIpc) is 3.10. The fraction of sp³-hybridized carbons (Fsp3) is 0.312. The van der Waals surface area contributed by atoms with Crippen LogP contribution in [-0.2, 0) is 11.3 Å². The van der Waals surface area contributed by atoms with Crippen LogP contribution in [0, 0.1) is 0 Å². The summed E-state index contributed by atoms with van der Waals surface area (Å²) < 4.78 is 1.11. The number of fused-ring (bicyclic) bond motifs is 1. The molecule has 1 amide bonds. The number of hydrogen-bond acceptors (Lipinski definition) is 3. The number of hydrogen-bond donors (Lipinski definition) is 1. The van der Waals surface area contributed by atoms with Crippen molar-refractivity contribution >= 4 is 38.9 Å². The lowest BCUT2D eigenvalue weighted by atomic mass is 10.00. The molecule has 3 nitrogen and oxygen atoms in total. The first-order valence-corrected chi connectivity index (χ1v) is 8.65. The van der Waals surface area contributed by atoms with Crippen LogP contribution in [0.25, 0.3) is 0 Å². The number of para-hydroxylation sites is 1. The molecule has 2 heterocycles. The molecular weight excluding hydrogens is 348 g/mol. The van der Waals surface area contributed by atoms with Gasteiger partial charge in [0.1, 0.15) is 0 Å². The van der Waals surface area contributed by atoms with Crippen LogP contribution in [0.2, 0.25) is 0 Å². The quantitative estimate of drug-likeness (QED) is 0.886. The number of carbonyl (C=O) groups is 1. The van der Waals surface area contributed by atoms with Gasteiger partial charge in [-0.25, -0.2) is 0 Å². The number of nitrogens with zero attached hydrogens (tertiary/aromatic N) is 1. The van der Waals surface area contributed by atoms with Gasteiger partial charge >= 0.3 is 0 Å². The van der Waals surface area contributed by atoms with Gasteiger partial charge in [0.15, 0.2) is 0 Å². The summed E-state index contributed by atoms with van der Waals surface area (Å²) in [6, 6.07) is 12.2. The fourth-order valence-corrected chi connectivity index (χ4v) is 4.19. The average molecular weight is 365 g/mol. The van der Waals surface area contributed by atoms with E-state index in [0.29, 0.717) is 13.1 Å². The smallest absolute Gasteiger partial charge is 0.232 e. The lowest BCUT2D eigenvalue weighted by molar-refractivity contribution is -0.132. The van der Waals surface area contributed by atoms with Crippen LogP contribution in [0.4, 0.5) is 5.69 Å². The standard InChI is InChI=1S/C16H17BrN2OS/c1-2-19(10-11-7-8-15(17)21-11)16(20)13-9-18-14-6-4-3-5-12(13)14/h3-8,13,18H,2,9-10H2,1H3. The van der Waals surface area contributed by atoms with Gasteiger partial charge in [-0.3, -0.25) is 4.79 Å². The minimum Gasteiger partial charge on any atom is -0.384 e. The minimum absolute atomic E-state index is 0.0652. The van der Waals surface area contributed by atoms with Crippen molar-refractivity contribution in [2.24, 2.45) is 0 Å². The summed E-state index contributed by atoms with van der Waals surface area (Å²) in [5, 5.41) is 3.33. The number of likely N-dealkylation sites (N-methyl/N-ethyl adjacent to an activating group) is 1. The second kappa shape index (κ2) is 6.20. The number of rotatable bonds is 4. The molecule has 3 rings (SSSR count). The van der Waals surface area contributed by atoms with Gasteiger partial charge in [0.05, 0.1) is 16.2 Å². The molecule has 110 valence electrons. The number of benzene rings is 1. The zero-order chi connectivity index (χ0) is 14.8. The number of carbonyl (C=O) groups excluding carboxylic acids is 1. The van der Waals surface area contributed by atoms with Crippen molar-refractivity contribution in [3.63, 3.8) is 0 Å². The molecule has 1 atom stereocenters. The van der Waals surface area contributed by atoms with E-state index in [1.807, 2.05) is 42.2 Å². The molecule has 0 radical (unpaired) electrons. The summed E-state index contributed by atoms with van der Waals surface area (Å²) in [4.78, 5) is 16.0. The monoisotopic (exact) mass is 364 g/mol. The van der Waals surface area contributed by atoms with Crippen molar-refractivity contribution in [1.29, 1.82) is 0 Å². The van der Waals surface area contributed by atoms with Crippen LogP contribution in [0.3, 0.4) is 0 Å². The molecule has 0 saturated carbocycles. The minimum atomic E-state index is -0.0652. The summed E-state index contributed by atoms with van der Waals surface area (Å²) in [6.45, 7) is 4.15. The van der Waals surface area contributed by atoms with Crippen LogP contribution in [0.15, 0.2) is 40.2 Å². The van der Waals surface area contributed by atoms with E-state index >= 15 is 0 Å². The third-order valence-corrected chi connectivity index (χ3v) is 5.41. The molecule has 1 aliphatic rings. The maximum atomic E-state index is 12.8. The first-order valence-electron chi connectivity index (χ1n) is 7.05. The molecular formula is C16H17BrN2OS. The van der Waals surface area contributed by atoms with Crippen molar-refractivity contribution in [2.75, 3.05) is 18.4 Å². The molecule has 0 aliphatic carbocycles. The van der Waals surface area contributed by atoms with E-state index in [4.69, 9.17) is 0 Å². The summed E-state index contributed by atoms with van der Waals surface area (Å²) in [6.07, 6.45) is 0. The Morgan fingerprint density at radius 2 is 2.19 bits per heavy atom. The Bertz CT molecular complexity index is 655. The summed E-state index contributed by atoms with van der Waals surface area (Å²) in [7, 11) is 0. The van der Waals surface area contributed by atoms with Gasteiger partial charge in [-0.2, -0.15) is 0 Å². The Hall–Kier alpha value is -1.33. The number of halogens is 1. The Balaban J connectivity index is 1.77. The van der Waals surface area contributed by atoms with Gasteiger partial charge in [0, 0.05) is 23.7 Å². The van der Waals surface area contributed by atoms with Crippen LogP contribution >= 0.6 is 27.3 Å². The molecule has 1 unspecified atom stereocenters. The molecule has 0 saturated heterocycles. The summed E-state index contributed by atoms with van der Waals surface area (Å²) in [5.74, 6) is 0.143. The van der Waals surface area contributed by atoms with Crippen LogP contribution in [0.1, 0.15) is 23.3 Å². The van der Waals surface area contributed by atoms with Gasteiger partial charge in [0.2, 0.25) is 5.91 Å². The second-order valence-electron chi connectivity index (χ2n) is 5.08. The van der Waals surface area contributed by atoms with Gasteiger partial charge in [-0.1, -0.05) is 18.2 Å². The Labute approximate surface area is 137 Å². The van der Waals surface area contributed by atoms with Gasteiger partial charge in [-0.15, -0.1) is 11.3 Å². The van der Waals surface area contributed by atoms with E-state index in [1.54, 1.807) is 11.3 Å². The predicted molar refractivity (Wildman–Crippen MR) is 90.8 cm³/mol. The van der Waals surface area contributed by atoms with E-state index < -0.39 is 0 Å². The van der Waals surface area contributed by atoms with E-state index in [9.17, 15) is 4.79 Å². The second-order valence-corrected chi connectivity index (χ2v) is 7.63. The van der Waals surface area contributed by atoms with Crippen LogP contribution < -0.4 is 5.32 Å². The van der Waals surface area contributed by atoms with Crippen molar-refractivity contribution in [3.05, 3.63) is 50.6 Å². The zero-order valence-electron chi connectivity index (χ0n) is 11.8. The van der Waals surface area contributed by atoms with E-state index in [2.05, 4.69) is 27.3 Å². The Morgan fingerprint density at radius 3 is 2.90 bits per heavy atom. The first kappa shape index (κ1) is 14.6. The molecule has 0 fully saturated rings. The third-order valence-electron chi connectivity index (χ3n) is 3.80. The zero-order valence-corrected chi connectivity index (χ0v) is 14.2. The summed E-state index contributed by atoms with van der Waals surface area (Å²) in [5.41, 5.74) is 2.21. The third kappa shape index (κ3) is 2.99. The highest BCUT2D eigenvalue weighted by Gasteiger charge is 2.31. The van der Waals surface area contributed by atoms with E-state index in [-0.39, 0.29) is 11.8 Å². The largest absolute Gasteiger partial charge is 0.384 e. The van der Waals surface area contributed by atoms with Crippen molar-refractivity contribution in [1.82, 2.24) is 4.90 Å². The normalized spacial score (nSPS) is 16.4. The number of nitrogens with one attached hydrogen (secondary N) is 1. The lowest BCUT2D eigenvalue weighted by Gasteiger charge is -2.23. The van der Waals surface area contributed by atoms with E-state index in [1.165, 1.54) is 4.88 Å². The number of anilines is 1. The van der Waals surface area contributed by atoms with Crippen molar-refractivity contribution in [2.45, 2.75) is 19.4 Å². The molecule has 0 spiro atoms. The van der Waals surface area contributed by atoms with Gasteiger partial charge < -0.3 is 10.2 Å². The number of thiophene rings is 1. The maximum Gasteiger partial charge on any atom is 0.232 e. The highest BCUT2D eigenvalue weighted by Crippen LogP contribution is 2.33. The highest BCUT2D eigenvalue weighted by atomic mass is 79.9. The first-order chi connectivity index (χ1) is 10.2. The fourth-order valence-electron chi connectivity index (χ4n) is 2.69. The van der Waals surface area contributed by atoms with Crippen molar-refractivity contribution in [3.8, 4) is 0 Å². The van der Waals surface area contributed by atoms with Crippen molar-refractivity contribution < 1.29 is 4.79 Å². The molecule has 1 aliphatic heterocycles. The maximum absolute atomic E-state index is 12.8. The molecule has 1 N–H and O–H groups in total. The SMILES string of the molecule is CCN(Cc1ccc(Br)s1)C(=O)C1CNc2ccccc21. The van der Waals surface area contributed by atoms with Gasteiger partial charge in [-0.05, 0) is 46.6 Å². The molecule has 21 heavy (non-hydrogen) atoms. The predicted octanol–water partition coefficient (Wildman–Crippen LogP) is 4.07. The molecule has 5 heteroatoms. The van der Waals surface area contributed by atoms with Crippen LogP contribution in [-0.4, -0.2) is 23.9 Å². The van der Waals surface area contributed by atoms with Gasteiger partial charge in [0.25, 0.3) is 0 Å².